The maximum atomic E-state index is 11.9. The molecule has 3 nitrogen and oxygen atoms in total. The van der Waals surface area contributed by atoms with E-state index in [1.165, 1.54) is 0 Å². The van der Waals surface area contributed by atoms with E-state index in [0.717, 1.165) is 10.6 Å². The van der Waals surface area contributed by atoms with Gasteiger partial charge in [0.2, 0.25) is 0 Å². The highest BCUT2D eigenvalue weighted by molar-refractivity contribution is 7.98. The van der Waals surface area contributed by atoms with Gasteiger partial charge < -0.3 is 10.1 Å². The third-order valence-electron chi connectivity index (χ3n) is 2.63. The summed E-state index contributed by atoms with van der Waals surface area (Å²) in [4.78, 5) is 12.9. The fourth-order valence-corrected chi connectivity index (χ4v) is 2.55. The zero-order valence-electron chi connectivity index (χ0n) is 11.2. The largest absolute Gasteiger partial charge is 0.482 e. The Bertz CT molecular complexity index is 649. The van der Waals surface area contributed by atoms with Crippen LogP contribution in [0.25, 0.3) is 0 Å². The van der Waals surface area contributed by atoms with E-state index in [1.807, 2.05) is 30.5 Å². The molecule has 0 unspecified atom stereocenters. The smallest absolute Gasteiger partial charge is 0.262 e. The number of nitrogens with one attached hydrogen (secondary N) is 1. The van der Waals surface area contributed by atoms with Gasteiger partial charge in [0.25, 0.3) is 5.91 Å². The highest BCUT2D eigenvalue weighted by Gasteiger charge is 2.09. The predicted octanol–water partition coefficient (Wildman–Crippen LogP) is 4.73. The Hall–Kier alpha value is -1.36. The minimum atomic E-state index is -0.257. The number of carbonyl (C=O) groups excluding carboxylic acids is 1. The standard InChI is InChI=1S/C15H13Cl2NO2S/c1-21-14-5-3-2-4-12(14)18-15(19)9-20-13-8-10(16)6-7-11(13)17/h2-8H,9H2,1H3,(H,18,19). The van der Waals surface area contributed by atoms with Crippen LogP contribution in [0.15, 0.2) is 47.4 Å². The van der Waals surface area contributed by atoms with Crippen molar-refractivity contribution in [3.8, 4) is 5.75 Å². The van der Waals surface area contributed by atoms with Gasteiger partial charge in [0, 0.05) is 16.0 Å². The SMILES string of the molecule is CSc1ccccc1NC(=O)COc1cc(Cl)ccc1Cl. The molecule has 0 radical (unpaired) electrons. The second kappa shape index (κ2) is 7.59. The summed E-state index contributed by atoms with van der Waals surface area (Å²) in [5.74, 6) is 0.130. The molecule has 2 aromatic rings. The number of thioether (sulfide) groups is 1. The molecule has 21 heavy (non-hydrogen) atoms. The van der Waals surface area contributed by atoms with Gasteiger partial charge in [-0.1, -0.05) is 35.3 Å². The van der Waals surface area contributed by atoms with Crippen molar-refractivity contribution in [2.24, 2.45) is 0 Å². The maximum absolute atomic E-state index is 11.9. The number of amides is 1. The number of hydrogen-bond acceptors (Lipinski definition) is 3. The average molecular weight is 342 g/mol. The lowest BCUT2D eigenvalue weighted by Gasteiger charge is -2.11. The highest BCUT2D eigenvalue weighted by atomic mass is 35.5. The Labute approximate surface area is 137 Å². The number of halogens is 2. The summed E-state index contributed by atoms with van der Waals surface area (Å²) in [7, 11) is 0. The zero-order chi connectivity index (χ0) is 15.2. The molecule has 0 atom stereocenters. The van der Waals surface area contributed by atoms with Gasteiger partial charge in [0.15, 0.2) is 6.61 Å². The fourth-order valence-electron chi connectivity index (χ4n) is 1.67. The topological polar surface area (TPSA) is 38.3 Å². The molecule has 0 bridgehead atoms. The van der Waals surface area contributed by atoms with E-state index in [9.17, 15) is 4.79 Å². The minimum absolute atomic E-state index is 0.136. The van der Waals surface area contributed by atoms with Gasteiger partial charge in [0.05, 0.1) is 10.7 Å². The van der Waals surface area contributed by atoms with Crippen LogP contribution in [-0.4, -0.2) is 18.8 Å². The monoisotopic (exact) mass is 341 g/mol. The van der Waals surface area contributed by atoms with Crippen LogP contribution >= 0.6 is 35.0 Å². The number of ether oxygens (including phenoxy) is 1. The molecule has 0 aliphatic heterocycles. The highest BCUT2D eigenvalue weighted by Crippen LogP contribution is 2.28. The van der Waals surface area contributed by atoms with E-state index in [0.29, 0.717) is 15.8 Å². The Balaban J connectivity index is 1.97. The second-order valence-corrected chi connectivity index (χ2v) is 5.80. The van der Waals surface area contributed by atoms with Crippen LogP contribution in [0.3, 0.4) is 0 Å². The summed E-state index contributed by atoms with van der Waals surface area (Å²) in [6.07, 6.45) is 1.95. The normalized spacial score (nSPS) is 10.2. The Morgan fingerprint density at radius 1 is 1.24 bits per heavy atom. The predicted molar refractivity (Wildman–Crippen MR) is 88.8 cm³/mol. The van der Waals surface area contributed by atoms with E-state index in [1.54, 1.807) is 30.0 Å². The summed E-state index contributed by atoms with van der Waals surface area (Å²) in [5.41, 5.74) is 0.760. The van der Waals surface area contributed by atoms with Crippen LogP contribution in [0, 0.1) is 0 Å². The minimum Gasteiger partial charge on any atom is -0.482 e. The van der Waals surface area contributed by atoms with E-state index in [4.69, 9.17) is 27.9 Å². The number of anilines is 1. The van der Waals surface area contributed by atoms with Crippen LogP contribution in [-0.2, 0) is 4.79 Å². The van der Waals surface area contributed by atoms with E-state index < -0.39 is 0 Å². The molecule has 2 rings (SSSR count). The van der Waals surface area contributed by atoms with E-state index >= 15 is 0 Å². The molecule has 0 spiro atoms. The lowest BCUT2D eigenvalue weighted by atomic mass is 10.3. The van der Waals surface area contributed by atoms with Gasteiger partial charge in [-0.15, -0.1) is 11.8 Å². The molecule has 1 amide bonds. The molecule has 0 heterocycles. The average Bonchev–Trinajstić information content (AvgIpc) is 2.49. The lowest BCUT2D eigenvalue weighted by Crippen LogP contribution is -2.20. The van der Waals surface area contributed by atoms with Gasteiger partial charge in [-0.05, 0) is 30.5 Å². The third kappa shape index (κ3) is 4.56. The Kier molecular flexibility index (Phi) is 5.79. The van der Waals surface area contributed by atoms with Crippen LogP contribution in [0.5, 0.6) is 5.75 Å². The van der Waals surface area contributed by atoms with Crippen molar-refractivity contribution in [1.82, 2.24) is 0 Å². The van der Waals surface area contributed by atoms with Crippen molar-refractivity contribution in [3.63, 3.8) is 0 Å². The summed E-state index contributed by atoms with van der Waals surface area (Å²) < 4.78 is 5.39. The summed E-state index contributed by atoms with van der Waals surface area (Å²) in [5, 5.41) is 3.72. The Morgan fingerprint density at radius 2 is 2.00 bits per heavy atom. The maximum Gasteiger partial charge on any atom is 0.262 e. The first-order chi connectivity index (χ1) is 10.1. The molecular weight excluding hydrogens is 329 g/mol. The molecule has 0 aromatic heterocycles. The fraction of sp³-hybridized carbons (Fsp3) is 0.133. The van der Waals surface area contributed by atoms with Crippen molar-refractivity contribution in [1.29, 1.82) is 0 Å². The van der Waals surface area contributed by atoms with Gasteiger partial charge in [0.1, 0.15) is 5.75 Å². The first-order valence-corrected chi connectivity index (χ1v) is 8.09. The van der Waals surface area contributed by atoms with Gasteiger partial charge in [-0.3, -0.25) is 4.79 Å². The molecule has 0 aliphatic rings. The van der Waals surface area contributed by atoms with E-state index in [2.05, 4.69) is 5.32 Å². The molecule has 0 aliphatic carbocycles. The number of para-hydroxylation sites is 1. The molecule has 0 fully saturated rings. The number of carbonyl (C=O) groups is 1. The molecule has 6 heteroatoms. The Morgan fingerprint density at radius 3 is 2.76 bits per heavy atom. The molecule has 0 saturated carbocycles. The van der Waals surface area contributed by atoms with E-state index in [-0.39, 0.29) is 12.5 Å². The van der Waals surface area contributed by atoms with Crippen LogP contribution < -0.4 is 10.1 Å². The van der Waals surface area contributed by atoms with Crippen molar-refractivity contribution < 1.29 is 9.53 Å². The summed E-state index contributed by atoms with van der Waals surface area (Å²) >= 11 is 13.4. The van der Waals surface area contributed by atoms with Crippen molar-refractivity contribution in [3.05, 3.63) is 52.5 Å². The zero-order valence-corrected chi connectivity index (χ0v) is 13.6. The second-order valence-electron chi connectivity index (χ2n) is 4.11. The third-order valence-corrected chi connectivity index (χ3v) is 3.98. The molecule has 0 saturated heterocycles. The first kappa shape index (κ1) is 16.0. The van der Waals surface area contributed by atoms with Gasteiger partial charge in [-0.25, -0.2) is 0 Å². The lowest BCUT2D eigenvalue weighted by molar-refractivity contribution is -0.118. The molecule has 1 N–H and O–H groups in total. The quantitative estimate of drug-likeness (QED) is 0.798. The number of benzene rings is 2. The number of hydrogen-bond donors (Lipinski definition) is 1. The molecule has 2 aromatic carbocycles. The molecular formula is C15H13Cl2NO2S. The van der Waals surface area contributed by atoms with Crippen LogP contribution in [0.1, 0.15) is 0 Å². The molecule has 110 valence electrons. The van der Waals surface area contributed by atoms with Crippen LogP contribution in [0.4, 0.5) is 5.69 Å². The van der Waals surface area contributed by atoms with Gasteiger partial charge in [-0.2, -0.15) is 0 Å². The number of rotatable bonds is 5. The summed E-state index contributed by atoms with van der Waals surface area (Å²) in [6.45, 7) is -0.136. The van der Waals surface area contributed by atoms with Crippen molar-refractivity contribution in [2.75, 3.05) is 18.2 Å². The van der Waals surface area contributed by atoms with Crippen molar-refractivity contribution >= 4 is 46.6 Å². The summed E-state index contributed by atoms with van der Waals surface area (Å²) in [6, 6.07) is 12.4. The van der Waals surface area contributed by atoms with Crippen molar-refractivity contribution in [2.45, 2.75) is 4.90 Å². The van der Waals surface area contributed by atoms with Crippen LogP contribution in [0.2, 0.25) is 10.0 Å². The first-order valence-electron chi connectivity index (χ1n) is 6.11. The van der Waals surface area contributed by atoms with Gasteiger partial charge >= 0.3 is 0 Å².